The van der Waals surface area contributed by atoms with Crippen LogP contribution in [-0.2, 0) is 11.3 Å². The summed E-state index contributed by atoms with van der Waals surface area (Å²) in [5.74, 6) is 0.514. The summed E-state index contributed by atoms with van der Waals surface area (Å²) in [7, 11) is 0. The predicted molar refractivity (Wildman–Crippen MR) is 156 cm³/mol. The van der Waals surface area contributed by atoms with Gasteiger partial charge in [-0.05, 0) is 81.5 Å². The number of anilines is 1. The second-order valence-electron chi connectivity index (χ2n) is 10.1. The molecule has 0 spiro atoms. The fraction of sp³-hybridized carbons (Fsp3) is 0.407. The number of ether oxygens (including phenoxy) is 1. The number of guanidine groups is 1. The van der Waals surface area contributed by atoms with Crippen molar-refractivity contribution in [2.24, 2.45) is 15.1 Å². The molecule has 4 rings (SSSR count). The van der Waals surface area contributed by atoms with Crippen LogP contribution in [-0.4, -0.2) is 53.8 Å². The Kier molecular flexibility index (Phi) is 9.24. The summed E-state index contributed by atoms with van der Waals surface area (Å²) >= 11 is 2.67. The Morgan fingerprint density at radius 1 is 1.21 bits per heavy atom. The first-order valence-corrected chi connectivity index (χ1v) is 14.3. The molecule has 2 aliphatic rings. The van der Waals surface area contributed by atoms with Gasteiger partial charge in [-0.1, -0.05) is 12.1 Å². The number of rotatable bonds is 4. The predicted octanol–water partition coefficient (Wildman–Crippen LogP) is 5.30. The normalized spacial score (nSPS) is 17.3. The summed E-state index contributed by atoms with van der Waals surface area (Å²) in [6.07, 6.45) is 7.50. The minimum absolute atomic E-state index is 0.00250. The number of likely N-dealkylation sites (tertiary alicyclic amines) is 1. The molecule has 1 saturated heterocycles. The number of nitrogens with zero attached hydrogens (tertiary/aromatic N) is 3. The van der Waals surface area contributed by atoms with Crippen molar-refractivity contribution in [3.8, 4) is 0 Å². The fourth-order valence-corrected chi connectivity index (χ4v) is 5.52. The highest BCUT2D eigenvalue weighted by atomic mass is 32.2. The monoisotopic (exact) mass is 554 g/mol. The number of piperidine rings is 1. The highest BCUT2D eigenvalue weighted by Crippen LogP contribution is 2.28. The molecule has 1 aromatic carbocycles. The number of fused-ring (bicyclic) bond motifs is 1. The number of benzene rings is 1. The minimum atomic E-state index is -0.537. The third-order valence-electron chi connectivity index (χ3n) is 5.91. The van der Waals surface area contributed by atoms with Crippen LogP contribution in [0, 0.1) is 0 Å². The molecule has 0 atom stereocenters. The first-order valence-electron chi connectivity index (χ1n) is 12.6. The van der Waals surface area contributed by atoms with E-state index in [9.17, 15) is 9.59 Å². The maximum Gasteiger partial charge on any atom is 0.407 e. The summed E-state index contributed by atoms with van der Waals surface area (Å²) in [4.78, 5) is 39.1. The third kappa shape index (κ3) is 7.92. The molecule has 38 heavy (non-hydrogen) atoms. The maximum atomic E-state index is 13.3. The molecule has 0 radical (unpaired) electrons. The van der Waals surface area contributed by atoms with Crippen LogP contribution in [0.25, 0.3) is 6.08 Å². The third-order valence-corrected chi connectivity index (χ3v) is 7.56. The maximum absolute atomic E-state index is 13.3. The number of hydrogen-bond donors (Lipinski definition) is 3. The molecule has 2 amide bonds. The zero-order valence-electron chi connectivity index (χ0n) is 21.9. The van der Waals surface area contributed by atoms with Crippen LogP contribution in [0.2, 0.25) is 0 Å². The van der Waals surface area contributed by atoms with Crippen LogP contribution in [0.1, 0.15) is 60.1 Å². The van der Waals surface area contributed by atoms with Gasteiger partial charge in [0.2, 0.25) is 5.96 Å². The van der Waals surface area contributed by atoms with Crippen molar-refractivity contribution in [3.05, 3.63) is 51.7 Å². The molecule has 0 saturated carbocycles. The molecule has 0 bridgehead atoms. The lowest BCUT2D eigenvalue weighted by molar-refractivity contribution is 0.0474. The highest BCUT2D eigenvalue weighted by molar-refractivity contribution is 7.97. The second kappa shape index (κ2) is 12.6. The molecule has 1 aromatic heterocycles. The fourth-order valence-electron chi connectivity index (χ4n) is 4.09. The number of thiophene rings is 1. The Labute approximate surface area is 231 Å². The minimum Gasteiger partial charge on any atom is -0.444 e. The summed E-state index contributed by atoms with van der Waals surface area (Å²) in [6.45, 7) is 7.08. The van der Waals surface area contributed by atoms with Gasteiger partial charge in [0.1, 0.15) is 5.60 Å². The Morgan fingerprint density at radius 3 is 2.74 bits per heavy atom. The van der Waals surface area contributed by atoms with Crippen LogP contribution in [0.5, 0.6) is 0 Å². The summed E-state index contributed by atoms with van der Waals surface area (Å²) in [5, 5.41) is 11.9. The van der Waals surface area contributed by atoms with Gasteiger partial charge in [0, 0.05) is 47.2 Å². The van der Waals surface area contributed by atoms with Gasteiger partial charge in [-0.2, -0.15) is 0 Å². The van der Waals surface area contributed by atoms with Gasteiger partial charge in [0.25, 0.3) is 5.91 Å². The molecule has 2 aliphatic heterocycles. The van der Waals surface area contributed by atoms with E-state index in [0.717, 1.165) is 21.0 Å². The second-order valence-corrected chi connectivity index (χ2v) is 11.9. The largest absolute Gasteiger partial charge is 0.444 e. The number of nitrogens with two attached hydrogens (primary N) is 1. The molecule has 11 heteroatoms. The van der Waals surface area contributed by atoms with Crippen LogP contribution < -0.4 is 15.8 Å². The number of alkyl carbamates (subject to hydrolysis) is 1. The molecule has 4 N–H and O–H groups in total. The van der Waals surface area contributed by atoms with Gasteiger partial charge in [-0.3, -0.25) is 9.93 Å². The van der Waals surface area contributed by atoms with Crippen LogP contribution in [0.4, 0.5) is 10.5 Å². The Balaban J connectivity index is 1.40. The van der Waals surface area contributed by atoms with Crippen molar-refractivity contribution < 1.29 is 14.3 Å². The lowest BCUT2D eigenvalue weighted by Gasteiger charge is -2.32. The zero-order chi connectivity index (χ0) is 27.1. The number of amides is 2. The van der Waals surface area contributed by atoms with Gasteiger partial charge < -0.3 is 20.3 Å². The van der Waals surface area contributed by atoms with E-state index in [1.165, 1.54) is 23.3 Å². The lowest BCUT2D eigenvalue weighted by Crippen LogP contribution is -2.47. The number of aliphatic imine (C=N–C) groups is 2. The van der Waals surface area contributed by atoms with Gasteiger partial charge >= 0.3 is 6.09 Å². The van der Waals surface area contributed by atoms with Crippen LogP contribution in [0.3, 0.4) is 0 Å². The molecule has 2 aromatic rings. The van der Waals surface area contributed by atoms with Crippen molar-refractivity contribution in [2.45, 2.75) is 63.1 Å². The summed E-state index contributed by atoms with van der Waals surface area (Å²) in [6, 6.07) is 9.69. The lowest BCUT2D eigenvalue weighted by atomic mass is 10.0. The Bertz CT molecular complexity index is 1240. The van der Waals surface area contributed by atoms with Crippen LogP contribution in [0.15, 0.2) is 51.3 Å². The first kappa shape index (κ1) is 27.9. The summed E-state index contributed by atoms with van der Waals surface area (Å²) in [5.41, 5.74) is 1.30. The molecule has 9 nitrogen and oxygen atoms in total. The Morgan fingerprint density at radius 2 is 2.00 bits per heavy atom. The molecule has 202 valence electrons. The van der Waals surface area contributed by atoms with Crippen molar-refractivity contribution in [2.75, 3.05) is 18.4 Å². The van der Waals surface area contributed by atoms with E-state index in [4.69, 9.17) is 14.9 Å². The van der Waals surface area contributed by atoms with E-state index in [0.29, 0.717) is 49.7 Å². The van der Waals surface area contributed by atoms with E-state index in [1.807, 2.05) is 74.4 Å². The van der Waals surface area contributed by atoms with Gasteiger partial charge in [0.05, 0.1) is 11.4 Å². The van der Waals surface area contributed by atoms with E-state index < -0.39 is 11.7 Å². The van der Waals surface area contributed by atoms with Gasteiger partial charge in [0.15, 0.2) is 0 Å². The van der Waals surface area contributed by atoms with Crippen molar-refractivity contribution >= 4 is 59.2 Å². The molecular formula is C27H34N6O3S2. The van der Waals surface area contributed by atoms with Crippen molar-refractivity contribution in [3.63, 3.8) is 0 Å². The highest BCUT2D eigenvalue weighted by Gasteiger charge is 2.27. The number of carbonyl (C=O) groups is 2. The zero-order valence-corrected chi connectivity index (χ0v) is 23.5. The molecule has 3 heterocycles. The topological polar surface area (TPSA) is 121 Å². The smallest absolute Gasteiger partial charge is 0.407 e. The number of hydrogen-bond acceptors (Lipinski definition) is 9. The van der Waals surface area contributed by atoms with Crippen LogP contribution >= 0.6 is 23.3 Å². The SMILES string of the molecule is CC(C)(C)OC(=O)NC1CCN(C(=O)c2cc3c(s2)/C=C\CC=NC(Nc2cccc(SN)c2)=NC3)CC1. The number of allylic oxidation sites excluding steroid dienone is 1. The average molecular weight is 555 g/mol. The molecule has 0 unspecified atom stereocenters. The molecule has 0 aliphatic carbocycles. The van der Waals surface area contributed by atoms with Gasteiger partial charge in [-0.25, -0.2) is 14.8 Å². The summed E-state index contributed by atoms with van der Waals surface area (Å²) < 4.78 is 5.35. The first-order chi connectivity index (χ1) is 18.2. The quantitative estimate of drug-likeness (QED) is 0.441. The van der Waals surface area contributed by atoms with E-state index in [1.54, 1.807) is 0 Å². The molecular weight excluding hydrogens is 520 g/mol. The van der Waals surface area contributed by atoms with E-state index in [-0.39, 0.29) is 11.9 Å². The van der Waals surface area contributed by atoms with E-state index >= 15 is 0 Å². The van der Waals surface area contributed by atoms with Crippen molar-refractivity contribution in [1.82, 2.24) is 10.2 Å². The standard InChI is InChI=1S/C27H34N6O3S2/c1-27(2,3)36-26(35)32-19-10-13-33(14-11-19)24(34)23-15-18-17-30-25(29-12-5-4-9-22(18)37-23)31-20-7-6-8-21(16-20)38-28/h4,6-9,12,15-16,19H,5,10-11,13-14,17,28H2,1-3H3,(H,30,31)(H,32,35)/b9-4-,29-12?. The number of carbonyl (C=O) groups excluding carboxylic acids is 2. The van der Waals surface area contributed by atoms with Gasteiger partial charge in [-0.15, -0.1) is 11.3 Å². The Hall–Kier alpha value is -3.15. The number of nitrogens with one attached hydrogen (secondary N) is 2. The van der Waals surface area contributed by atoms with E-state index in [2.05, 4.69) is 15.6 Å². The van der Waals surface area contributed by atoms with Crippen molar-refractivity contribution in [1.29, 1.82) is 0 Å². The molecule has 1 fully saturated rings. The average Bonchev–Trinajstić information content (AvgIpc) is 3.29.